The van der Waals surface area contributed by atoms with Crippen LogP contribution in [-0.4, -0.2) is 44.1 Å². The van der Waals surface area contributed by atoms with Gasteiger partial charge in [0.1, 0.15) is 11.6 Å². The van der Waals surface area contributed by atoms with Crippen molar-refractivity contribution in [2.24, 2.45) is 0 Å². The quantitative estimate of drug-likeness (QED) is 0.786. The van der Waals surface area contributed by atoms with E-state index in [0.29, 0.717) is 18.9 Å². The molecule has 0 aromatic carbocycles. The molecule has 0 spiro atoms. The van der Waals surface area contributed by atoms with Crippen LogP contribution < -0.4 is 10.6 Å². The SMILES string of the molecule is Cc1nc([C@H]2CC[C@@H](O)[C@H](NC(=O)NC3CC3)C2)n(C(C)C)n1. The standard InChI is InChI=1S/C16H27N5O2/c1-9(2)21-15(17-10(3)20-21)11-4-7-14(22)13(8-11)19-16(23)18-12-5-6-12/h9,11-14,22H,4-8H2,1-3H3,(H2,18,19,23)/t11-,13+,14+/m0/s1. The minimum Gasteiger partial charge on any atom is -0.391 e. The number of rotatable bonds is 4. The number of aliphatic hydroxyl groups is 1. The van der Waals surface area contributed by atoms with Crippen molar-refractivity contribution in [2.45, 2.75) is 83.0 Å². The molecule has 3 rings (SSSR count). The van der Waals surface area contributed by atoms with Gasteiger partial charge in [-0.05, 0) is 52.9 Å². The maximum absolute atomic E-state index is 12.0. The van der Waals surface area contributed by atoms with E-state index in [1.54, 1.807) is 0 Å². The normalized spacial score (nSPS) is 28.0. The molecule has 1 heterocycles. The summed E-state index contributed by atoms with van der Waals surface area (Å²) in [7, 11) is 0. The number of amides is 2. The first kappa shape index (κ1) is 16.2. The second-order valence-corrected chi connectivity index (χ2v) is 7.13. The van der Waals surface area contributed by atoms with Gasteiger partial charge in [-0.3, -0.25) is 0 Å². The largest absolute Gasteiger partial charge is 0.391 e. The van der Waals surface area contributed by atoms with Crippen LogP contribution in [0.3, 0.4) is 0 Å². The average molecular weight is 321 g/mol. The number of urea groups is 1. The van der Waals surface area contributed by atoms with E-state index in [1.807, 2.05) is 11.6 Å². The van der Waals surface area contributed by atoms with E-state index in [0.717, 1.165) is 30.9 Å². The Kier molecular flexibility index (Phi) is 4.57. The topological polar surface area (TPSA) is 92.1 Å². The van der Waals surface area contributed by atoms with Crippen LogP contribution in [0, 0.1) is 6.92 Å². The molecule has 128 valence electrons. The van der Waals surface area contributed by atoms with Crippen molar-refractivity contribution in [2.75, 3.05) is 0 Å². The van der Waals surface area contributed by atoms with Crippen LogP contribution in [0.2, 0.25) is 0 Å². The van der Waals surface area contributed by atoms with E-state index >= 15 is 0 Å². The number of hydrogen-bond donors (Lipinski definition) is 3. The molecule has 2 amide bonds. The monoisotopic (exact) mass is 321 g/mol. The maximum Gasteiger partial charge on any atom is 0.315 e. The third-order valence-electron chi connectivity index (χ3n) is 4.66. The second-order valence-electron chi connectivity index (χ2n) is 7.13. The van der Waals surface area contributed by atoms with E-state index in [2.05, 4.69) is 34.6 Å². The summed E-state index contributed by atoms with van der Waals surface area (Å²) in [6.45, 7) is 6.08. The van der Waals surface area contributed by atoms with Gasteiger partial charge in [0.05, 0.1) is 12.1 Å². The Balaban J connectivity index is 1.68. The van der Waals surface area contributed by atoms with Gasteiger partial charge in [0.2, 0.25) is 0 Å². The van der Waals surface area contributed by atoms with Gasteiger partial charge >= 0.3 is 6.03 Å². The van der Waals surface area contributed by atoms with Crippen molar-refractivity contribution in [3.63, 3.8) is 0 Å². The third kappa shape index (κ3) is 3.83. The van der Waals surface area contributed by atoms with Crippen LogP contribution in [0.5, 0.6) is 0 Å². The van der Waals surface area contributed by atoms with Gasteiger partial charge < -0.3 is 15.7 Å². The molecule has 0 saturated heterocycles. The molecule has 2 aliphatic rings. The first-order valence-corrected chi connectivity index (χ1v) is 8.62. The van der Waals surface area contributed by atoms with E-state index in [9.17, 15) is 9.90 Å². The summed E-state index contributed by atoms with van der Waals surface area (Å²) in [5.74, 6) is 1.96. The smallest absolute Gasteiger partial charge is 0.315 e. The van der Waals surface area contributed by atoms with Crippen molar-refractivity contribution in [1.82, 2.24) is 25.4 Å². The Morgan fingerprint density at radius 3 is 2.65 bits per heavy atom. The summed E-state index contributed by atoms with van der Waals surface area (Å²) in [4.78, 5) is 16.6. The molecule has 2 aliphatic carbocycles. The first-order chi connectivity index (χ1) is 10.9. The third-order valence-corrected chi connectivity index (χ3v) is 4.66. The number of aryl methyl sites for hydroxylation is 1. The zero-order valence-electron chi connectivity index (χ0n) is 14.1. The second kappa shape index (κ2) is 6.47. The molecule has 7 nitrogen and oxygen atoms in total. The molecule has 0 unspecified atom stereocenters. The molecule has 1 aromatic rings. The van der Waals surface area contributed by atoms with Gasteiger partial charge in [-0.1, -0.05) is 0 Å². The number of carbonyl (C=O) groups excluding carboxylic acids is 1. The van der Waals surface area contributed by atoms with E-state index in [1.165, 1.54) is 0 Å². The van der Waals surface area contributed by atoms with Gasteiger partial charge in [0.15, 0.2) is 0 Å². The Labute approximate surface area is 136 Å². The molecular formula is C16H27N5O2. The molecular weight excluding hydrogens is 294 g/mol. The lowest BCUT2D eigenvalue weighted by atomic mass is 9.83. The molecule has 0 radical (unpaired) electrons. The van der Waals surface area contributed by atoms with Crippen LogP contribution >= 0.6 is 0 Å². The first-order valence-electron chi connectivity index (χ1n) is 8.62. The number of aliphatic hydroxyl groups excluding tert-OH is 1. The Morgan fingerprint density at radius 1 is 1.26 bits per heavy atom. The van der Waals surface area contributed by atoms with E-state index in [4.69, 9.17) is 0 Å². The Hall–Kier alpha value is -1.63. The predicted octanol–water partition coefficient (Wildman–Crippen LogP) is 1.63. The summed E-state index contributed by atoms with van der Waals surface area (Å²) in [6, 6.07) is 0.171. The maximum atomic E-state index is 12.0. The predicted molar refractivity (Wildman–Crippen MR) is 86.2 cm³/mol. The van der Waals surface area contributed by atoms with Crippen LogP contribution in [0.15, 0.2) is 0 Å². The highest BCUT2D eigenvalue weighted by molar-refractivity contribution is 5.75. The van der Waals surface area contributed by atoms with Gasteiger partial charge in [0, 0.05) is 18.0 Å². The number of carbonyl (C=O) groups is 1. The summed E-state index contributed by atoms with van der Waals surface area (Å²) in [5.41, 5.74) is 0. The van der Waals surface area contributed by atoms with Crippen molar-refractivity contribution in [3.05, 3.63) is 11.6 Å². The fourth-order valence-corrected chi connectivity index (χ4v) is 3.27. The Morgan fingerprint density at radius 2 is 2.00 bits per heavy atom. The lowest BCUT2D eigenvalue weighted by molar-refractivity contribution is 0.0847. The lowest BCUT2D eigenvalue weighted by Gasteiger charge is -2.33. The molecule has 3 atom stereocenters. The zero-order valence-corrected chi connectivity index (χ0v) is 14.1. The fraction of sp³-hybridized carbons (Fsp3) is 0.812. The molecule has 3 N–H and O–H groups in total. The summed E-state index contributed by atoms with van der Waals surface area (Å²) in [6.07, 6.45) is 3.86. The van der Waals surface area contributed by atoms with E-state index in [-0.39, 0.29) is 24.0 Å². The number of nitrogens with zero attached hydrogens (tertiary/aromatic N) is 3. The van der Waals surface area contributed by atoms with Crippen molar-refractivity contribution < 1.29 is 9.90 Å². The summed E-state index contributed by atoms with van der Waals surface area (Å²) >= 11 is 0. The molecule has 0 bridgehead atoms. The van der Waals surface area contributed by atoms with Crippen LogP contribution in [0.1, 0.15) is 69.6 Å². The molecule has 2 saturated carbocycles. The molecule has 2 fully saturated rings. The van der Waals surface area contributed by atoms with Crippen LogP contribution in [-0.2, 0) is 0 Å². The van der Waals surface area contributed by atoms with Gasteiger partial charge in [-0.15, -0.1) is 0 Å². The molecule has 1 aromatic heterocycles. The zero-order chi connectivity index (χ0) is 16.6. The van der Waals surface area contributed by atoms with Gasteiger partial charge in [0.25, 0.3) is 0 Å². The number of nitrogens with one attached hydrogen (secondary N) is 2. The number of hydrogen-bond acceptors (Lipinski definition) is 4. The molecule has 7 heteroatoms. The highest BCUT2D eigenvalue weighted by Crippen LogP contribution is 2.33. The molecule has 23 heavy (non-hydrogen) atoms. The number of aromatic nitrogens is 3. The van der Waals surface area contributed by atoms with Gasteiger partial charge in [-0.25, -0.2) is 14.5 Å². The highest BCUT2D eigenvalue weighted by atomic mass is 16.3. The van der Waals surface area contributed by atoms with Crippen molar-refractivity contribution in [3.8, 4) is 0 Å². The summed E-state index contributed by atoms with van der Waals surface area (Å²) < 4.78 is 1.97. The van der Waals surface area contributed by atoms with Crippen LogP contribution in [0.4, 0.5) is 4.79 Å². The van der Waals surface area contributed by atoms with Crippen molar-refractivity contribution in [1.29, 1.82) is 0 Å². The van der Waals surface area contributed by atoms with E-state index < -0.39 is 6.10 Å². The average Bonchev–Trinajstić information content (AvgIpc) is 3.20. The Bertz CT molecular complexity index is 567. The summed E-state index contributed by atoms with van der Waals surface area (Å²) in [5, 5.41) is 20.6. The fourth-order valence-electron chi connectivity index (χ4n) is 3.27. The van der Waals surface area contributed by atoms with Crippen molar-refractivity contribution >= 4 is 6.03 Å². The highest BCUT2D eigenvalue weighted by Gasteiger charge is 2.34. The van der Waals surface area contributed by atoms with Crippen LogP contribution in [0.25, 0.3) is 0 Å². The molecule has 0 aliphatic heterocycles. The van der Waals surface area contributed by atoms with Gasteiger partial charge in [-0.2, -0.15) is 5.10 Å². The minimum atomic E-state index is -0.493. The minimum absolute atomic E-state index is 0.168. The lowest BCUT2D eigenvalue weighted by Crippen LogP contribution is -2.50.